The Morgan fingerprint density at radius 1 is 1.00 bits per heavy atom. The van der Waals surface area contributed by atoms with Crippen molar-refractivity contribution in [3.63, 3.8) is 0 Å². The van der Waals surface area contributed by atoms with Gasteiger partial charge >= 0.3 is 0 Å². The Labute approximate surface area is 127 Å². The zero-order chi connectivity index (χ0) is 13.4. The predicted octanol–water partition coefficient (Wildman–Crippen LogP) is 1.14. The first-order valence-electron chi connectivity index (χ1n) is 5.16. The van der Waals surface area contributed by atoms with Gasteiger partial charge in [0.25, 0.3) is 0 Å². The number of hydrogen-bond acceptors (Lipinski definition) is 4. The monoisotopic (exact) mass is 440 g/mol. The van der Waals surface area contributed by atoms with Crippen LogP contribution in [0.25, 0.3) is 0 Å². The molecule has 0 amide bonds. The summed E-state index contributed by atoms with van der Waals surface area (Å²) in [7, 11) is 0. The highest BCUT2D eigenvalue weighted by Crippen LogP contribution is 2.28. The van der Waals surface area contributed by atoms with E-state index in [2.05, 4.69) is 47.8 Å². The van der Waals surface area contributed by atoms with Gasteiger partial charge in [0.05, 0.1) is 33.0 Å². The highest BCUT2D eigenvalue weighted by molar-refractivity contribution is 9.10. The quantitative estimate of drug-likeness (QED) is 0.539. The second kappa shape index (κ2) is 9.23. The van der Waals surface area contributed by atoms with Crippen molar-refractivity contribution < 1.29 is 20.1 Å². The van der Waals surface area contributed by atoms with E-state index in [9.17, 15) is 0 Å². The molecule has 1 saturated heterocycles. The largest absolute Gasteiger partial charge is 0.396 e. The predicted molar refractivity (Wildman–Crippen MR) is 78.3 cm³/mol. The molecule has 1 aliphatic heterocycles. The fourth-order valence-electron chi connectivity index (χ4n) is 0.856. The molecule has 0 atom stereocenters. The molecule has 7 heteroatoms. The first kappa shape index (κ1) is 18.3. The van der Waals surface area contributed by atoms with Crippen LogP contribution < -0.4 is 0 Å². The van der Waals surface area contributed by atoms with Gasteiger partial charge in [-0.15, -0.1) is 0 Å². The van der Waals surface area contributed by atoms with Crippen LogP contribution in [0.1, 0.15) is 0 Å². The molecule has 0 spiro atoms. The Bertz CT molecular complexity index is 165. The fourth-order valence-corrected chi connectivity index (χ4v) is 3.00. The summed E-state index contributed by atoms with van der Waals surface area (Å²) >= 11 is 9.71. The minimum atomic E-state index is -0.389. The number of halogens is 3. The Morgan fingerprint density at radius 2 is 1.47 bits per heavy atom. The van der Waals surface area contributed by atoms with Crippen LogP contribution in [-0.4, -0.2) is 64.3 Å². The van der Waals surface area contributed by atoms with Crippen LogP contribution in [0.3, 0.4) is 0 Å². The summed E-state index contributed by atoms with van der Waals surface area (Å²) in [5, 5.41) is 28.3. The summed E-state index contributed by atoms with van der Waals surface area (Å²) < 4.78 is 4.93. The van der Waals surface area contributed by atoms with Gasteiger partial charge in [0.2, 0.25) is 0 Å². The lowest BCUT2D eigenvalue weighted by Gasteiger charge is -2.38. The third-order valence-electron chi connectivity index (χ3n) is 2.67. The third kappa shape index (κ3) is 5.42. The molecule has 0 unspecified atom stereocenters. The van der Waals surface area contributed by atoms with Crippen LogP contribution in [0.2, 0.25) is 0 Å². The number of aliphatic hydroxyl groups excluding tert-OH is 3. The van der Waals surface area contributed by atoms with Crippen LogP contribution >= 0.6 is 47.8 Å². The summed E-state index contributed by atoms with van der Waals surface area (Å²) in [6.45, 7) is 1.64. The third-order valence-corrected chi connectivity index (χ3v) is 6.24. The van der Waals surface area contributed by atoms with Gasteiger partial charge in [0.1, 0.15) is 0 Å². The lowest BCUT2D eigenvalue weighted by molar-refractivity contribution is -0.121. The van der Waals surface area contributed by atoms with E-state index in [1.54, 1.807) is 0 Å². The molecule has 1 heterocycles. The molecule has 1 fully saturated rings. The molecule has 0 aliphatic carbocycles. The van der Waals surface area contributed by atoms with Crippen molar-refractivity contribution in [1.29, 1.82) is 0 Å². The highest BCUT2D eigenvalue weighted by atomic mass is 79.9. The molecule has 17 heavy (non-hydrogen) atoms. The molecule has 0 saturated carbocycles. The topological polar surface area (TPSA) is 69.9 Å². The van der Waals surface area contributed by atoms with Gasteiger partial charge in [-0.25, -0.2) is 0 Å². The first-order valence-corrected chi connectivity index (χ1v) is 8.52. The van der Waals surface area contributed by atoms with Crippen LogP contribution in [0, 0.1) is 10.8 Å². The van der Waals surface area contributed by atoms with E-state index in [1.165, 1.54) is 0 Å². The van der Waals surface area contributed by atoms with E-state index in [4.69, 9.17) is 20.1 Å². The maximum atomic E-state index is 8.76. The highest BCUT2D eigenvalue weighted by Gasteiger charge is 2.36. The number of ether oxygens (including phenoxy) is 1. The van der Waals surface area contributed by atoms with Gasteiger partial charge < -0.3 is 20.1 Å². The molecule has 3 N–H and O–H groups in total. The van der Waals surface area contributed by atoms with E-state index in [1.807, 2.05) is 0 Å². The Kier molecular flexibility index (Phi) is 9.92. The number of aliphatic hydroxyl groups is 3. The summed E-state index contributed by atoms with van der Waals surface area (Å²) in [6, 6.07) is 0. The summed E-state index contributed by atoms with van der Waals surface area (Å²) in [6.07, 6.45) is 0. The van der Waals surface area contributed by atoms with E-state index in [-0.39, 0.29) is 30.7 Å². The Hall–Kier alpha value is 1.28. The maximum Gasteiger partial charge on any atom is 0.0575 e. The smallest absolute Gasteiger partial charge is 0.0575 e. The van der Waals surface area contributed by atoms with E-state index in [0.29, 0.717) is 23.9 Å². The van der Waals surface area contributed by atoms with Crippen molar-refractivity contribution in [2.45, 2.75) is 0 Å². The van der Waals surface area contributed by atoms with Crippen LogP contribution in [0.4, 0.5) is 0 Å². The molecule has 1 aliphatic rings. The van der Waals surface area contributed by atoms with Crippen LogP contribution in [0.5, 0.6) is 0 Å². The normalized spacial score (nSPS) is 18.0. The number of rotatable bonds is 6. The SMILES string of the molecule is OCC(CO)(CBr)CBr.OCC1(CBr)COC1. The average molecular weight is 443 g/mol. The molecule has 0 aromatic heterocycles. The maximum absolute atomic E-state index is 8.76. The molecule has 0 bridgehead atoms. The zero-order valence-corrected chi connectivity index (χ0v) is 14.3. The molecular formula is C10H19Br3O4. The van der Waals surface area contributed by atoms with Gasteiger partial charge in [0.15, 0.2) is 0 Å². The van der Waals surface area contributed by atoms with Crippen LogP contribution in [0.15, 0.2) is 0 Å². The molecular weight excluding hydrogens is 424 g/mol. The van der Waals surface area contributed by atoms with Crippen molar-refractivity contribution in [3.8, 4) is 0 Å². The first-order chi connectivity index (χ1) is 8.07. The summed E-state index contributed by atoms with van der Waals surface area (Å²) in [5.41, 5.74) is -0.333. The van der Waals surface area contributed by atoms with Crippen molar-refractivity contribution in [1.82, 2.24) is 0 Å². The van der Waals surface area contributed by atoms with Crippen molar-refractivity contribution in [3.05, 3.63) is 0 Å². The second-order valence-electron chi connectivity index (χ2n) is 4.37. The standard InChI is InChI=1S/C5H10Br2O2.C5H9BrO2/c6-1-5(2-7,3-8)4-9;6-1-5(2-7)3-8-4-5/h8-9H,1-4H2;7H,1-4H2. The van der Waals surface area contributed by atoms with Crippen LogP contribution in [-0.2, 0) is 4.74 Å². The molecule has 1 rings (SSSR count). The van der Waals surface area contributed by atoms with Gasteiger partial charge in [-0.05, 0) is 0 Å². The summed E-state index contributed by atoms with van der Waals surface area (Å²) in [5.74, 6) is 0. The van der Waals surface area contributed by atoms with Crippen molar-refractivity contribution in [2.75, 3.05) is 49.0 Å². The lowest BCUT2D eigenvalue weighted by atomic mass is 9.90. The van der Waals surface area contributed by atoms with Gasteiger partial charge in [0, 0.05) is 26.8 Å². The van der Waals surface area contributed by atoms with Crippen molar-refractivity contribution in [2.24, 2.45) is 10.8 Å². The summed E-state index contributed by atoms with van der Waals surface area (Å²) in [4.78, 5) is 0. The Balaban J connectivity index is 0.000000302. The van der Waals surface area contributed by atoms with Gasteiger partial charge in [-0.2, -0.15) is 0 Å². The lowest BCUT2D eigenvalue weighted by Crippen LogP contribution is -2.46. The molecule has 4 nitrogen and oxygen atoms in total. The zero-order valence-electron chi connectivity index (χ0n) is 9.54. The number of alkyl halides is 3. The molecule has 0 radical (unpaired) electrons. The van der Waals surface area contributed by atoms with E-state index in [0.717, 1.165) is 5.33 Å². The van der Waals surface area contributed by atoms with E-state index < -0.39 is 0 Å². The fraction of sp³-hybridized carbons (Fsp3) is 1.00. The molecule has 104 valence electrons. The second-order valence-corrected chi connectivity index (χ2v) is 6.05. The van der Waals surface area contributed by atoms with Gasteiger partial charge in [-0.1, -0.05) is 47.8 Å². The average Bonchev–Trinajstić information content (AvgIpc) is 2.34. The van der Waals surface area contributed by atoms with Gasteiger partial charge in [-0.3, -0.25) is 0 Å². The minimum absolute atomic E-state index is 0. The number of hydrogen-bond donors (Lipinski definition) is 3. The molecule has 0 aromatic rings. The van der Waals surface area contributed by atoms with Crippen molar-refractivity contribution >= 4 is 47.8 Å². The minimum Gasteiger partial charge on any atom is -0.396 e. The van der Waals surface area contributed by atoms with E-state index >= 15 is 0 Å². The Morgan fingerprint density at radius 3 is 1.47 bits per heavy atom. The molecule has 0 aromatic carbocycles.